The number of hydrogen-bond acceptors (Lipinski definition) is 6. The van der Waals surface area contributed by atoms with Crippen molar-refractivity contribution in [3.63, 3.8) is 0 Å². The van der Waals surface area contributed by atoms with Gasteiger partial charge in [-0.05, 0) is 38.0 Å². The Hall–Kier alpha value is -3.16. The van der Waals surface area contributed by atoms with Crippen LogP contribution in [0.3, 0.4) is 0 Å². The van der Waals surface area contributed by atoms with Crippen LogP contribution in [-0.2, 0) is 4.79 Å². The first-order chi connectivity index (χ1) is 14.1. The number of ether oxygens (including phenoxy) is 1. The molecule has 0 aliphatic carbocycles. The standard InChI is InChI=1S/C21H26N6O2/c1-15(17-6-4-5-7-18(17)29-3)25(2)21(28)16-10-12-26(13-11-16)20-9-8-19-23-22-14-27(19)24-20/h4-9,14-16H,10-13H2,1-3H3. The molecule has 3 aromatic rings. The number of piperidine rings is 1. The molecule has 2 aromatic heterocycles. The molecule has 1 amide bonds. The van der Waals surface area contributed by atoms with Crippen LogP contribution in [0.4, 0.5) is 5.82 Å². The second-order valence-corrected chi connectivity index (χ2v) is 7.45. The number of nitrogens with zero attached hydrogens (tertiary/aromatic N) is 6. The Kier molecular flexibility index (Phi) is 5.33. The summed E-state index contributed by atoms with van der Waals surface area (Å²) < 4.78 is 7.14. The first kappa shape index (κ1) is 19.2. The van der Waals surface area contributed by atoms with Crippen molar-refractivity contribution in [3.8, 4) is 5.75 Å². The quantitative estimate of drug-likeness (QED) is 0.662. The van der Waals surface area contributed by atoms with Crippen LogP contribution >= 0.6 is 0 Å². The van der Waals surface area contributed by atoms with Crippen molar-refractivity contribution in [1.29, 1.82) is 0 Å². The number of fused-ring (bicyclic) bond motifs is 1. The van der Waals surface area contributed by atoms with Crippen LogP contribution in [0, 0.1) is 5.92 Å². The van der Waals surface area contributed by atoms with Crippen LogP contribution < -0.4 is 9.64 Å². The van der Waals surface area contributed by atoms with Gasteiger partial charge in [-0.15, -0.1) is 15.3 Å². The maximum atomic E-state index is 13.1. The largest absolute Gasteiger partial charge is 0.496 e. The van der Waals surface area contributed by atoms with E-state index >= 15 is 0 Å². The Morgan fingerprint density at radius 3 is 2.72 bits per heavy atom. The second-order valence-electron chi connectivity index (χ2n) is 7.45. The van der Waals surface area contributed by atoms with Crippen LogP contribution in [0.2, 0.25) is 0 Å². The number of benzene rings is 1. The summed E-state index contributed by atoms with van der Waals surface area (Å²) in [6.45, 7) is 3.64. The predicted octanol–water partition coefficient (Wildman–Crippen LogP) is 2.57. The fourth-order valence-corrected chi connectivity index (χ4v) is 3.94. The molecular weight excluding hydrogens is 368 g/mol. The average Bonchev–Trinajstić information content (AvgIpc) is 3.25. The number of carbonyl (C=O) groups is 1. The molecular formula is C21H26N6O2. The zero-order valence-electron chi connectivity index (χ0n) is 17.0. The molecule has 0 radical (unpaired) electrons. The van der Waals surface area contributed by atoms with E-state index < -0.39 is 0 Å². The van der Waals surface area contributed by atoms with E-state index in [1.165, 1.54) is 0 Å². The Morgan fingerprint density at radius 1 is 1.21 bits per heavy atom. The molecule has 29 heavy (non-hydrogen) atoms. The SMILES string of the molecule is COc1ccccc1C(C)N(C)C(=O)C1CCN(c2ccc3nncn3n2)CC1. The number of aromatic nitrogens is 4. The molecule has 8 heteroatoms. The van der Waals surface area contributed by atoms with Gasteiger partial charge in [-0.1, -0.05) is 18.2 Å². The molecule has 1 aliphatic heterocycles. The van der Waals surface area contributed by atoms with Gasteiger partial charge >= 0.3 is 0 Å². The lowest BCUT2D eigenvalue weighted by molar-refractivity contribution is -0.136. The summed E-state index contributed by atoms with van der Waals surface area (Å²) in [6.07, 6.45) is 3.22. The van der Waals surface area contributed by atoms with Crippen molar-refractivity contribution in [2.75, 3.05) is 32.1 Å². The van der Waals surface area contributed by atoms with Gasteiger partial charge in [-0.25, -0.2) is 0 Å². The van der Waals surface area contributed by atoms with E-state index in [0.29, 0.717) is 0 Å². The van der Waals surface area contributed by atoms with E-state index in [0.717, 1.165) is 48.7 Å². The smallest absolute Gasteiger partial charge is 0.226 e. The maximum Gasteiger partial charge on any atom is 0.226 e. The summed E-state index contributed by atoms with van der Waals surface area (Å²) in [5, 5.41) is 12.4. The van der Waals surface area contributed by atoms with Crippen LogP contribution in [0.5, 0.6) is 5.75 Å². The second kappa shape index (κ2) is 8.06. The minimum atomic E-state index is -0.0468. The van der Waals surface area contributed by atoms with E-state index in [1.807, 2.05) is 55.3 Å². The lowest BCUT2D eigenvalue weighted by Gasteiger charge is -2.35. The minimum Gasteiger partial charge on any atom is -0.496 e. The monoisotopic (exact) mass is 394 g/mol. The molecule has 152 valence electrons. The molecule has 1 atom stereocenters. The summed E-state index contributed by atoms with van der Waals surface area (Å²) in [4.78, 5) is 17.2. The van der Waals surface area contributed by atoms with E-state index in [4.69, 9.17) is 4.74 Å². The van der Waals surface area contributed by atoms with Gasteiger partial charge in [0.2, 0.25) is 5.91 Å². The van der Waals surface area contributed by atoms with Crippen LogP contribution in [0.25, 0.3) is 5.65 Å². The molecule has 0 bridgehead atoms. The van der Waals surface area contributed by atoms with Crippen molar-refractivity contribution in [3.05, 3.63) is 48.3 Å². The molecule has 0 spiro atoms. The summed E-state index contributed by atoms with van der Waals surface area (Å²) >= 11 is 0. The first-order valence-electron chi connectivity index (χ1n) is 9.90. The van der Waals surface area contributed by atoms with Gasteiger partial charge in [-0.2, -0.15) is 4.52 Å². The molecule has 1 saturated heterocycles. The zero-order chi connectivity index (χ0) is 20.4. The van der Waals surface area contributed by atoms with Crippen molar-refractivity contribution < 1.29 is 9.53 Å². The molecule has 4 rings (SSSR count). The van der Waals surface area contributed by atoms with Gasteiger partial charge in [0.15, 0.2) is 5.65 Å². The summed E-state index contributed by atoms with van der Waals surface area (Å²) in [7, 11) is 3.54. The highest BCUT2D eigenvalue weighted by atomic mass is 16.5. The number of rotatable bonds is 5. The maximum absolute atomic E-state index is 13.1. The highest BCUT2D eigenvalue weighted by molar-refractivity contribution is 5.79. The fourth-order valence-electron chi connectivity index (χ4n) is 3.94. The number of carbonyl (C=O) groups excluding carboxylic acids is 1. The topological polar surface area (TPSA) is 75.9 Å². The highest BCUT2D eigenvalue weighted by Crippen LogP contribution is 2.31. The Morgan fingerprint density at radius 2 is 1.97 bits per heavy atom. The van der Waals surface area contributed by atoms with E-state index in [1.54, 1.807) is 18.0 Å². The van der Waals surface area contributed by atoms with Crippen LogP contribution in [-0.4, -0.2) is 57.9 Å². The number of para-hydroxylation sites is 1. The van der Waals surface area contributed by atoms with Gasteiger partial charge < -0.3 is 14.5 Å². The molecule has 0 N–H and O–H groups in total. The third-order valence-electron chi connectivity index (χ3n) is 5.83. The summed E-state index contributed by atoms with van der Waals surface area (Å²) in [5.41, 5.74) is 1.75. The van der Waals surface area contributed by atoms with Gasteiger partial charge in [0, 0.05) is 31.6 Å². The predicted molar refractivity (Wildman–Crippen MR) is 110 cm³/mol. The molecule has 1 unspecified atom stereocenters. The van der Waals surface area contributed by atoms with Crippen LogP contribution in [0.15, 0.2) is 42.7 Å². The lowest BCUT2D eigenvalue weighted by Crippen LogP contribution is -2.42. The molecule has 0 saturated carbocycles. The summed E-state index contributed by atoms with van der Waals surface area (Å²) in [5.74, 6) is 1.90. The molecule has 1 fully saturated rings. The number of hydrogen-bond donors (Lipinski definition) is 0. The summed E-state index contributed by atoms with van der Waals surface area (Å²) in [6, 6.07) is 11.7. The fraction of sp³-hybridized carbons (Fsp3) is 0.429. The van der Waals surface area contributed by atoms with Gasteiger partial charge in [0.25, 0.3) is 0 Å². The molecule has 8 nitrogen and oxygen atoms in total. The molecule has 1 aromatic carbocycles. The van der Waals surface area contributed by atoms with Crippen molar-refractivity contribution in [2.24, 2.45) is 5.92 Å². The number of methoxy groups -OCH3 is 1. The number of amides is 1. The van der Waals surface area contributed by atoms with Crippen molar-refractivity contribution >= 4 is 17.4 Å². The lowest BCUT2D eigenvalue weighted by atomic mass is 9.94. The normalized spacial score (nSPS) is 16.0. The van der Waals surface area contributed by atoms with Gasteiger partial charge in [-0.3, -0.25) is 4.79 Å². The Bertz CT molecular complexity index is 996. The first-order valence-corrected chi connectivity index (χ1v) is 9.90. The van der Waals surface area contributed by atoms with Gasteiger partial charge in [0.1, 0.15) is 17.9 Å². The molecule has 1 aliphatic rings. The third kappa shape index (κ3) is 3.74. The zero-order valence-corrected chi connectivity index (χ0v) is 17.0. The van der Waals surface area contributed by atoms with Gasteiger partial charge in [0.05, 0.1) is 13.2 Å². The third-order valence-corrected chi connectivity index (χ3v) is 5.83. The van der Waals surface area contributed by atoms with E-state index in [9.17, 15) is 4.79 Å². The van der Waals surface area contributed by atoms with Crippen molar-refractivity contribution in [1.82, 2.24) is 24.7 Å². The van der Waals surface area contributed by atoms with Crippen molar-refractivity contribution in [2.45, 2.75) is 25.8 Å². The average molecular weight is 394 g/mol. The highest BCUT2D eigenvalue weighted by Gasteiger charge is 2.30. The Balaban J connectivity index is 1.40. The van der Waals surface area contributed by atoms with E-state index in [2.05, 4.69) is 20.2 Å². The molecule has 3 heterocycles. The van der Waals surface area contributed by atoms with Crippen LogP contribution in [0.1, 0.15) is 31.4 Å². The number of anilines is 1. The van der Waals surface area contributed by atoms with E-state index in [-0.39, 0.29) is 17.9 Å². The minimum absolute atomic E-state index is 0.0204. The Labute approximate surface area is 170 Å².